The minimum atomic E-state index is -3.84. The smallest absolute Gasteiger partial charge is 0.225 e. The summed E-state index contributed by atoms with van der Waals surface area (Å²) in [5.74, 6) is 0. The second-order valence-corrected chi connectivity index (χ2v) is 9.41. The average molecular weight is 360 g/mol. The van der Waals surface area contributed by atoms with E-state index in [0.29, 0.717) is 0 Å². The Labute approximate surface area is 134 Å². The minimum Gasteiger partial charge on any atom is -0.225 e. The average Bonchev–Trinajstić information content (AvgIpc) is 2.83. The van der Waals surface area contributed by atoms with Crippen molar-refractivity contribution in [2.75, 3.05) is 7.05 Å². The zero-order chi connectivity index (χ0) is 16.5. The fraction of sp³-hybridized carbons (Fsp3) is 0.231. The number of hydrogen-bond donors (Lipinski definition) is 1. The van der Waals surface area contributed by atoms with Gasteiger partial charge in [0.2, 0.25) is 20.0 Å². The molecule has 120 valence electrons. The maximum atomic E-state index is 12.5. The van der Waals surface area contributed by atoms with E-state index in [-0.39, 0.29) is 16.3 Å². The van der Waals surface area contributed by atoms with Crippen LogP contribution in [0.3, 0.4) is 0 Å². The first-order valence-corrected chi connectivity index (χ1v) is 10.1. The molecule has 1 aromatic carbocycles. The Balaban J connectivity index is 2.28. The first-order valence-electron chi connectivity index (χ1n) is 6.24. The summed E-state index contributed by atoms with van der Waals surface area (Å²) in [6.45, 7) is 2.19. The Morgan fingerprint density at radius 1 is 1.05 bits per heavy atom. The van der Waals surface area contributed by atoms with Gasteiger partial charge in [-0.15, -0.1) is 11.3 Å². The standard InChI is InChI=1S/C13H16N2O4S3/c1-10-7-8-20-13(10)9-15(2)22(18,19)12-5-3-11(4-6-12)21(14,16)17/h3-8H,9H2,1-2H3,(H2,14,16,17). The third kappa shape index (κ3) is 3.55. The van der Waals surface area contributed by atoms with Gasteiger partial charge in [0.15, 0.2) is 0 Å². The number of hydrogen-bond acceptors (Lipinski definition) is 5. The van der Waals surface area contributed by atoms with Crippen LogP contribution >= 0.6 is 11.3 Å². The molecule has 0 aliphatic carbocycles. The van der Waals surface area contributed by atoms with E-state index in [4.69, 9.17) is 5.14 Å². The van der Waals surface area contributed by atoms with E-state index in [1.165, 1.54) is 47.0 Å². The summed E-state index contributed by atoms with van der Waals surface area (Å²) in [7, 11) is -6.04. The lowest BCUT2D eigenvalue weighted by Gasteiger charge is -2.17. The minimum absolute atomic E-state index is 0.0246. The van der Waals surface area contributed by atoms with Crippen molar-refractivity contribution >= 4 is 31.4 Å². The van der Waals surface area contributed by atoms with Gasteiger partial charge in [0.05, 0.1) is 9.79 Å². The van der Waals surface area contributed by atoms with Gasteiger partial charge in [0.25, 0.3) is 0 Å². The molecule has 0 saturated carbocycles. The highest BCUT2D eigenvalue weighted by Crippen LogP contribution is 2.22. The maximum absolute atomic E-state index is 12.5. The molecule has 0 atom stereocenters. The van der Waals surface area contributed by atoms with Crippen molar-refractivity contribution in [1.29, 1.82) is 0 Å². The van der Waals surface area contributed by atoms with Crippen LogP contribution in [0.15, 0.2) is 45.5 Å². The van der Waals surface area contributed by atoms with Crippen LogP contribution in [0, 0.1) is 6.92 Å². The second kappa shape index (κ2) is 6.09. The van der Waals surface area contributed by atoms with Crippen molar-refractivity contribution in [3.8, 4) is 0 Å². The van der Waals surface area contributed by atoms with Crippen LogP contribution in [-0.4, -0.2) is 28.2 Å². The maximum Gasteiger partial charge on any atom is 0.243 e. The van der Waals surface area contributed by atoms with Crippen LogP contribution in [-0.2, 0) is 26.6 Å². The predicted octanol–water partition coefficient (Wildman–Crippen LogP) is 1.52. The van der Waals surface area contributed by atoms with Crippen LogP contribution in [0.5, 0.6) is 0 Å². The Kier molecular flexibility index (Phi) is 4.73. The summed E-state index contributed by atoms with van der Waals surface area (Å²) in [5, 5.41) is 6.91. The van der Waals surface area contributed by atoms with Gasteiger partial charge >= 0.3 is 0 Å². The topological polar surface area (TPSA) is 97.5 Å². The molecule has 1 heterocycles. The van der Waals surface area contributed by atoms with E-state index in [9.17, 15) is 16.8 Å². The lowest BCUT2D eigenvalue weighted by molar-refractivity contribution is 0.469. The van der Waals surface area contributed by atoms with Gasteiger partial charge in [-0.25, -0.2) is 22.0 Å². The van der Waals surface area contributed by atoms with Gasteiger partial charge in [0, 0.05) is 18.5 Å². The SMILES string of the molecule is Cc1ccsc1CN(C)S(=O)(=O)c1ccc(S(N)(=O)=O)cc1. The highest BCUT2D eigenvalue weighted by molar-refractivity contribution is 7.89. The fourth-order valence-corrected chi connectivity index (χ4v) is 4.53. The summed E-state index contributed by atoms with van der Waals surface area (Å²) in [6, 6.07) is 6.79. The molecule has 0 fully saturated rings. The molecular formula is C13H16N2O4S3. The van der Waals surface area contributed by atoms with Gasteiger partial charge in [-0.1, -0.05) is 0 Å². The molecule has 0 aliphatic rings. The van der Waals surface area contributed by atoms with Gasteiger partial charge in [-0.3, -0.25) is 0 Å². The normalized spacial score (nSPS) is 12.7. The lowest BCUT2D eigenvalue weighted by atomic mass is 10.3. The number of nitrogens with zero attached hydrogens (tertiary/aromatic N) is 1. The van der Waals surface area contributed by atoms with E-state index < -0.39 is 20.0 Å². The zero-order valence-electron chi connectivity index (χ0n) is 12.1. The van der Waals surface area contributed by atoms with Crippen molar-refractivity contribution in [3.63, 3.8) is 0 Å². The summed E-state index contributed by atoms with van der Waals surface area (Å²) in [5.41, 5.74) is 1.04. The van der Waals surface area contributed by atoms with E-state index in [1.807, 2.05) is 18.4 Å². The van der Waals surface area contributed by atoms with Crippen molar-refractivity contribution in [1.82, 2.24) is 4.31 Å². The van der Waals surface area contributed by atoms with Crippen molar-refractivity contribution < 1.29 is 16.8 Å². The molecule has 1 aromatic heterocycles. The van der Waals surface area contributed by atoms with Crippen LogP contribution in [0.2, 0.25) is 0 Å². The Bertz CT molecular complexity index is 868. The van der Waals surface area contributed by atoms with Crippen molar-refractivity contribution in [2.45, 2.75) is 23.3 Å². The summed E-state index contributed by atoms with van der Waals surface area (Å²) >= 11 is 1.49. The molecule has 0 aliphatic heterocycles. The Morgan fingerprint density at radius 3 is 2.05 bits per heavy atom. The van der Waals surface area contributed by atoms with Crippen molar-refractivity contribution in [3.05, 3.63) is 46.2 Å². The number of thiophene rings is 1. The third-order valence-electron chi connectivity index (χ3n) is 3.19. The van der Waals surface area contributed by atoms with Crippen LogP contribution in [0.4, 0.5) is 0 Å². The van der Waals surface area contributed by atoms with Crippen molar-refractivity contribution in [2.24, 2.45) is 5.14 Å². The molecule has 0 radical (unpaired) electrons. The molecule has 2 N–H and O–H groups in total. The first-order chi connectivity index (χ1) is 10.1. The number of rotatable bonds is 5. The molecule has 0 amide bonds. The molecular weight excluding hydrogens is 344 g/mol. The van der Waals surface area contributed by atoms with Crippen LogP contribution in [0.1, 0.15) is 10.4 Å². The highest BCUT2D eigenvalue weighted by Gasteiger charge is 2.22. The third-order valence-corrected chi connectivity index (χ3v) is 6.95. The molecule has 6 nitrogen and oxygen atoms in total. The summed E-state index contributed by atoms with van der Waals surface area (Å²) in [6.07, 6.45) is 0. The van der Waals surface area contributed by atoms with E-state index in [1.54, 1.807) is 0 Å². The second-order valence-electron chi connectivity index (χ2n) is 4.80. The number of nitrogens with two attached hydrogens (primary N) is 1. The molecule has 22 heavy (non-hydrogen) atoms. The largest absolute Gasteiger partial charge is 0.243 e. The molecule has 9 heteroatoms. The highest BCUT2D eigenvalue weighted by atomic mass is 32.2. The molecule has 0 bridgehead atoms. The van der Waals surface area contributed by atoms with E-state index >= 15 is 0 Å². The molecule has 2 rings (SSSR count). The number of sulfonamides is 2. The van der Waals surface area contributed by atoms with Crippen LogP contribution in [0.25, 0.3) is 0 Å². The summed E-state index contributed by atoms with van der Waals surface area (Å²) < 4.78 is 48.6. The lowest BCUT2D eigenvalue weighted by Crippen LogP contribution is -2.26. The first kappa shape index (κ1) is 17.1. The van der Waals surface area contributed by atoms with Crippen LogP contribution < -0.4 is 5.14 Å². The monoisotopic (exact) mass is 360 g/mol. The van der Waals surface area contributed by atoms with Gasteiger partial charge in [-0.05, 0) is 48.2 Å². The molecule has 0 spiro atoms. The summed E-state index contributed by atoms with van der Waals surface area (Å²) in [4.78, 5) is 0.868. The zero-order valence-corrected chi connectivity index (χ0v) is 14.5. The molecule has 0 saturated heterocycles. The Morgan fingerprint density at radius 2 is 1.59 bits per heavy atom. The van der Waals surface area contributed by atoms with Gasteiger partial charge in [-0.2, -0.15) is 4.31 Å². The number of primary sulfonamides is 1. The van der Waals surface area contributed by atoms with Gasteiger partial charge < -0.3 is 0 Å². The number of aryl methyl sites for hydroxylation is 1. The predicted molar refractivity (Wildman–Crippen MR) is 85.5 cm³/mol. The molecule has 2 aromatic rings. The van der Waals surface area contributed by atoms with E-state index in [2.05, 4.69) is 0 Å². The van der Waals surface area contributed by atoms with E-state index in [0.717, 1.165) is 10.4 Å². The quantitative estimate of drug-likeness (QED) is 0.874. The Hall–Kier alpha value is -1.26. The fourth-order valence-electron chi connectivity index (χ4n) is 1.83. The van der Waals surface area contributed by atoms with Gasteiger partial charge in [0.1, 0.15) is 0 Å². The number of benzene rings is 1. The molecule has 0 unspecified atom stereocenters.